The van der Waals surface area contributed by atoms with Gasteiger partial charge in [-0.1, -0.05) is 0 Å². The number of aliphatic hydroxyl groups excluding tert-OH is 1. The van der Waals surface area contributed by atoms with Gasteiger partial charge in [0.2, 0.25) is 0 Å². The maximum absolute atomic E-state index is 12.3. The minimum atomic E-state index is -0.515. The second-order valence-electron chi connectivity index (χ2n) is 4.80. The van der Waals surface area contributed by atoms with Crippen LogP contribution in [-0.2, 0) is 11.3 Å². The number of nitrogens with one attached hydrogen (secondary N) is 1. The van der Waals surface area contributed by atoms with E-state index in [0.717, 1.165) is 0 Å². The molecule has 2 heterocycles. The summed E-state index contributed by atoms with van der Waals surface area (Å²) in [6, 6.07) is 3.26. The van der Waals surface area contributed by atoms with Gasteiger partial charge in [-0.2, -0.15) is 0 Å². The largest absolute Gasteiger partial charge is 0.450 e. The van der Waals surface area contributed by atoms with Crippen LogP contribution in [0.2, 0.25) is 0 Å². The van der Waals surface area contributed by atoms with Gasteiger partial charge in [-0.05, 0) is 25.5 Å². The second-order valence-corrected chi connectivity index (χ2v) is 4.80. The fourth-order valence-corrected chi connectivity index (χ4v) is 2.16. The first-order chi connectivity index (χ1) is 10.1. The molecule has 7 nitrogen and oxygen atoms in total. The molecule has 1 aliphatic rings. The highest BCUT2D eigenvalue weighted by Crippen LogP contribution is 2.13. The van der Waals surface area contributed by atoms with Crippen LogP contribution >= 0.6 is 0 Å². The average Bonchev–Trinajstić information content (AvgIpc) is 2.91. The Labute approximate surface area is 122 Å². The molecule has 1 atom stereocenters. The first-order valence-electron chi connectivity index (χ1n) is 6.93. The third kappa shape index (κ3) is 4.16. The SMILES string of the molecule is CCOC(=O)NCc1cc(C(=O)N2CCC(O)C2)ccn1. The fourth-order valence-electron chi connectivity index (χ4n) is 2.16. The lowest BCUT2D eigenvalue weighted by atomic mass is 10.2. The van der Waals surface area contributed by atoms with Crippen molar-refractivity contribution >= 4 is 12.0 Å². The number of hydrogen-bond donors (Lipinski definition) is 2. The number of carbonyl (C=O) groups is 2. The molecule has 0 radical (unpaired) electrons. The predicted octanol–water partition coefficient (Wildman–Crippen LogP) is 0.534. The van der Waals surface area contributed by atoms with Crippen LogP contribution < -0.4 is 5.32 Å². The lowest BCUT2D eigenvalue weighted by Crippen LogP contribution is -2.30. The monoisotopic (exact) mass is 293 g/mol. The molecular formula is C14H19N3O4. The topological polar surface area (TPSA) is 91.8 Å². The van der Waals surface area contributed by atoms with E-state index < -0.39 is 12.2 Å². The number of aromatic nitrogens is 1. The van der Waals surface area contributed by atoms with Crippen LogP contribution in [0.3, 0.4) is 0 Å². The first kappa shape index (κ1) is 15.2. The minimum Gasteiger partial charge on any atom is -0.450 e. The van der Waals surface area contributed by atoms with E-state index in [1.807, 2.05) is 0 Å². The number of nitrogens with zero attached hydrogens (tertiary/aromatic N) is 2. The molecule has 1 aromatic heterocycles. The van der Waals surface area contributed by atoms with Gasteiger partial charge in [0.1, 0.15) is 0 Å². The molecule has 2 N–H and O–H groups in total. The van der Waals surface area contributed by atoms with Crippen molar-refractivity contribution in [3.8, 4) is 0 Å². The number of ether oxygens (including phenoxy) is 1. The molecule has 114 valence electrons. The Morgan fingerprint density at radius 3 is 3.05 bits per heavy atom. The van der Waals surface area contributed by atoms with E-state index in [1.165, 1.54) is 6.20 Å². The molecule has 0 spiro atoms. The summed E-state index contributed by atoms with van der Waals surface area (Å²) in [5.74, 6) is -0.133. The smallest absolute Gasteiger partial charge is 0.407 e. The first-order valence-corrected chi connectivity index (χ1v) is 6.93. The summed E-state index contributed by atoms with van der Waals surface area (Å²) in [4.78, 5) is 29.2. The van der Waals surface area contributed by atoms with Crippen molar-refractivity contribution < 1.29 is 19.4 Å². The summed E-state index contributed by atoms with van der Waals surface area (Å²) in [5, 5.41) is 12.0. The van der Waals surface area contributed by atoms with Crippen LogP contribution in [0.25, 0.3) is 0 Å². The Morgan fingerprint density at radius 2 is 2.38 bits per heavy atom. The van der Waals surface area contributed by atoms with E-state index in [9.17, 15) is 14.7 Å². The van der Waals surface area contributed by atoms with E-state index in [2.05, 4.69) is 10.3 Å². The molecule has 0 aliphatic carbocycles. The van der Waals surface area contributed by atoms with Crippen LogP contribution in [-0.4, -0.2) is 52.8 Å². The van der Waals surface area contributed by atoms with Crippen LogP contribution in [0.15, 0.2) is 18.3 Å². The highest BCUT2D eigenvalue weighted by molar-refractivity contribution is 5.94. The summed E-state index contributed by atoms with van der Waals surface area (Å²) in [6.45, 7) is 3.13. The molecule has 1 saturated heterocycles. The number of β-amino-alcohol motifs (C(OH)–C–C–N with tert-alkyl or cyclic N) is 1. The Morgan fingerprint density at radius 1 is 1.57 bits per heavy atom. The van der Waals surface area contributed by atoms with Crippen molar-refractivity contribution in [1.82, 2.24) is 15.2 Å². The summed E-state index contributed by atoms with van der Waals surface area (Å²) in [5.41, 5.74) is 1.08. The van der Waals surface area contributed by atoms with Crippen molar-refractivity contribution in [2.75, 3.05) is 19.7 Å². The maximum Gasteiger partial charge on any atom is 0.407 e. The summed E-state index contributed by atoms with van der Waals surface area (Å²) >= 11 is 0. The fraction of sp³-hybridized carbons (Fsp3) is 0.500. The molecule has 0 saturated carbocycles. The second kappa shape index (κ2) is 7.03. The number of amides is 2. The number of carbonyl (C=O) groups excluding carboxylic acids is 2. The minimum absolute atomic E-state index is 0.133. The summed E-state index contributed by atoms with van der Waals surface area (Å²) in [6.07, 6.45) is 1.18. The van der Waals surface area contributed by atoms with Gasteiger partial charge >= 0.3 is 6.09 Å². The van der Waals surface area contributed by atoms with E-state index in [1.54, 1.807) is 24.0 Å². The Balaban J connectivity index is 1.97. The van der Waals surface area contributed by atoms with Crippen LogP contribution in [0, 0.1) is 0 Å². The number of likely N-dealkylation sites (tertiary alicyclic amines) is 1. The molecule has 21 heavy (non-hydrogen) atoms. The van der Waals surface area contributed by atoms with Crippen molar-refractivity contribution in [1.29, 1.82) is 0 Å². The molecule has 1 unspecified atom stereocenters. The number of hydrogen-bond acceptors (Lipinski definition) is 5. The zero-order valence-corrected chi connectivity index (χ0v) is 11.9. The number of pyridine rings is 1. The van der Waals surface area contributed by atoms with Crippen molar-refractivity contribution in [2.24, 2.45) is 0 Å². The summed E-state index contributed by atoms with van der Waals surface area (Å²) < 4.78 is 4.75. The van der Waals surface area contributed by atoms with Crippen molar-refractivity contribution in [3.05, 3.63) is 29.6 Å². The predicted molar refractivity (Wildman–Crippen MR) is 74.6 cm³/mol. The van der Waals surface area contributed by atoms with Gasteiger partial charge in [0, 0.05) is 24.8 Å². The van der Waals surface area contributed by atoms with Gasteiger partial charge in [-0.3, -0.25) is 9.78 Å². The average molecular weight is 293 g/mol. The van der Waals surface area contributed by atoms with E-state index in [0.29, 0.717) is 37.4 Å². The zero-order valence-electron chi connectivity index (χ0n) is 11.9. The zero-order chi connectivity index (χ0) is 15.2. The molecule has 2 amide bonds. The quantitative estimate of drug-likeness (QED) is 0.845. The lowest BCUT2D eigenvalue weighted by molar-refractivity contribution is 0.0764. The molecule has 0 aromatic carbocycles. The van der Waals surface area contributed by atoms with E-state index in [-0.39, 0.29) is 12.5 Å². The standard InChI is InChI=1S/C14H19N3O4/c1-2-21-14(20)16-8-11-7-10(3-5-15-11)13(19)17-6-4-12(18)9-17/h3,5,7,12,18H,2,4,6,8-9H2,1H3,(H,16,20). The molecular weight excluding hydrogens is 274 g/mol. The molecule has 2 rings (SSSR count). The summed E-state index contributed by atoms with van der Waals surface area (Å²) in [7, 11) is 0. The third-order valence-corrected chi connectivity index (χ3v) is 3.20. The molecule has 0 bridgehead atoms. The molecule has 1 aliphatic heterocycles. The highest BCUT2D eigenvalue weighted by atomic mass is 16.5. The molecule has 1 fully saturated rings. The number of rotatable bonds is 4. The van der Waals surface area contributed by atoms with Gasteiger partial charge in [0.15, 0.2) is 0 Å². The third-order valence-electron chi connectivity index (χ3n) is 3.20. The van der Waals surface area contributed by atoms with Crippen LogP contribution in [0.5, 0.6) is 0 Å². The molecule has 7 heteroatoms. The normalized spacial score (nSPS) is 17.6. The van der Waals surface area contributed by atoms with Crippen molar-refractivity contribution in [3.63, 3.8) is 0 Å². The van der Waals surface area contributed by atoms with E-state index in [4.69, 9.17) is 4.74 Å². The maximum atomic E-state index is 12.3. The van der Waals surface area contributed by atoms with Gasteiger partial charge < -0.3 is 20.1 Å². The highest BCUT2D eigenvalue weighted by Gasteiger charge is 2.25. The Bertz CT molecular complexity index is 521. The van der Waals surface area contributed by atoms with Crippen LogP contribution in [0.4, 0.5) is 4.79 Å². The number of aliphatic hydroxyl groups is 1. The van der Waals surface area contributed by atoms with Gasteiger partial charge in [-0.25, -0.2) is 4.79 Å². The van der Waals surface area contributed by atoms with Crippen molar-refractivity contribution in [2.45, 2.75) is 26.0 Å². The number of alkyl carbamates (subject to hydrolysis) is 1. The van der Waals surface area contributed by atoms with Gasteiger partial charge in [0.05, 0.1) is 24.9 Å². The molecule has 1 aromatic rings. The van der Waals surface area contributed by atoms with Crippen LogP contribution in [0.1, 0.15) is 29.4 Å². The lowest BCUT2D eigenvalue weighted by Gasteiger charge is -2.15. The van der Waals surface area contributed by atoms with E-state index >= 15 is 0 Å². The van der Waals surface area contributed by atoms with Gasteiger partial charge in [0.25, 0.3) is 5.91 Å². The van der Waals surface area contributed by atoms with Gasteiger partial charge in [-0.15, -0.1) is 0 Å². The Kier molecular flexibility index (Phi) is 5.10. The Hall–Kier alpha value is -2.15.